The van der Waals surface area contributed by atoms with Crippen molar-refractivity contribution in [3.05, 3.63) is 33.4 Å². The molecular formula is C16H19N3O2S2. The second-order valence-electron chi connectivity index (χ2n) is 5.59. The average Bonchev–Trinajstić information content (AvgIpc) is 3.10. The maximum Gasteiger partial charge on any atom is 0.262 e. The van der Waals surface area contributed by atoms with E-state index in [0.29, 0.717) is 11.7 Å². The van der Waals surface area contributed by atoms with Crippen molar-refractivity contribution in [3.8, 4) is 0 Å². The number of nitrogens with one attached hydrogen (secondary N) is 1. The van der Waals surface area contributed by atoms with Gasteiger partial charge in [-0.3, -0.25) is 14.2 Å². The van der Waals surface area contributed by atoms with Crippen LogP contribution in [0.25, 0.3) is 10.2 Å². The van der Waals surface area contributed by atoms with E-state index in [2.05, 4.69) is 16.9 Å². The minimum absolute atomic E-state index is 0.00407. The van der Waals surface area contributed by atoms with E-state index in [1.165, 1.54) is 22.2 Å². The molecule has 0 aromatic carbocycles. The summed E-state index contributed by atoms with van der Waals surface area (Å²) in [4.78, 5) is 31.4. The van der Waals surface area contributed by atoms with Gasteiger partial charge in [-0.25, -0.2) is 4.98 Å². The normalized spacial score (nSPS) is 14.7. The average molecular weight is 349 g/mol. The van der Waals surface area contributed by atoms with Gasteiger partial charge in [0, 0.05) is 18.5 Å². The zero-order valence-electron chi connectivity index (χ0n) is 13.2. The Morgan fingerprint density at radius 3 is 3.09 bits per heavy atom. The molecule has 2 heterocycles. The van der Waals surface area contributed by atoms with Crippen LogP contribution < -0.4 is 10.9 Å². The maximum atomic E-state index is 12.7. The number of amides is 1. The lowest BCUT2D eigenvalue weighted by atomic mass is 10.2. The molecular weight excluding hydrogens is 330 g/mol. The number of carbonyl (C=O) groups is 1. The Hall–Kier alpha value is -1.60. The molecule has 7 heteroatoms. The molecule has 2 aromatic rings. The largest absolute Gasteiger partial charge is 0.352 e. The summed E-state index contributed by atoms with van der Waals surface area (Å²) in [7, 11) is 1.73. The standard InChI is InChI=1S/C16H19N3O2S2/c1-4-8-17-13(20)9(2)22-16-18-14-12(15(21)19(16)3)10-6-5-7-11(10)23-14/h4,9H,1,5-8H2,2-3H3,(H,17,20)/t9-/m0/s1. The monoisotopic (exact) mass is 349 g/mol. The highest BCUT2D eigenvalue weighted by Crippen LogP contribution is 2.35. The number of thiophene rings is 1. The van der Waals surface area contributed by atoms with Crippen LogP contribution in [0.15, 0.2) is 22.6 Å². The van der Waals surface area contributed by atoms with Crippen molar-refractivity contribution < 1.29 is 4.79 Å². The smallest absolute Gasteiger partial charge is 0.262 e. The van der Waals surface area contributed by atoms with Crippen LogP contribution in [0, 0.1) is 0 Å². The predicted molar refractivity (Wildman–Crippen MR) is 95.4 cm³/mol. The van der Waals surface area contributed by atoms with Gasteiger partial charge >= 0.3 is 0 Å². The van der Waals surface area contributed by atoms with Crippen LogP contribution in [-0.4, -0.2) is 27.3 Å². The minimum atomic E-state index is -0.322. The van der Waals surface area contributed by atoms with Crippen molar-refractivity contribution in [2.24, 2.45) is 7.05 Å². The lowest BCUT2D eigenvalue weighted by Gasteiger charge is -2.12. The van der Waals surface area contributed by atoms with E-state index in [0.717, 1.165) is 29.5 Å². The molecule has 0 bridgehead atoms. The Morgan fingerprint density at radius 2 is 2.35 bits per heavy atom. The third kappa shape index (κ3) is 2.95. The number of nitrogens with zero attached hydrogens (tertiary/aromatic N) is 2. The van der Waals surface area contributed by atoms with Gasteiger partial charge in [0.15, 0.2) is 5.16 Å². The molecule has 1 aliphatic rings. The minimum Gasteiger partial charge on any atom is -0.352 e. The van der Waals surface area contributed by atoms with Crippen molar-refractivity contribution in [2.75, 3.05) is 6.54 Å². The summed E-state index contributed by atoms with van der Waals surface area (Å²) < 4.78 is 1.57. The van der Waals surface area contributed by atoms with E-state index in [-0.39, 0.29) is 16.7 Å². The van der Waals surface area contributed by atoms with Gasteiger partial charge in [0.1, 0.15) is 4.83 Å². The first-order chi connectivity index (χ1) is 11.0. The molecule has 0 aliphatic heterocycles. The quantitative estimate of drug-likeness (QED) is 0.511. The van der Waals surface area contributed by atoms with Crippen LogP contribution in [0.4, 0.5) is 0 Å². The summed E-state index contributed by atoms with van der Waals surface area (Å²) in [5.41, 5.74) is 1.18. The van der Waals surface area contributed by atoms with Gasteiger partial charge in [0.2, 0.25) is 5.91 Å². The zero-order valence-corrected chi connectivity index (χ0v) is 14.9. The molecule has 1 amide bonds. The maximum absolute atomic E-state index is 12.7. The summed E-state index contributed by atoms with van der Waals surface area (Å²) in [6.07, 6.45) is 4.78. The molecule has 0 unspecified atom stereocenters. The number of aromatic nitrogens is 2. The fourth-order valence-corrected chi connectivity index (χ4v) is 4.94. The molecule has 0 spiro atoms. The highest BCUT2D eigenvalue weighted by atomic mass is 32.2. The van der Waals surface area contributed by atoms with Crippen molar-refractivity contribution in [3.63, 3.8) is 0 Å². The fraction of sp³-hybridized carbons (Fsp3) is 0.438. The van der Waals surface area contributed by atoms with E-state index in [9.17, 15) is 9.59 Å². The molecule has 1 N–H and O–H groups in total. The predicted octanol–water partition coefficient (Wildman–Crippen LogP) is 2.27. The van der Waals surface area contributed by atoms with Gasteiger partial charge in [-0.15, -0.1) is 17.9 Å². The van der Waals surface area contributed by atoms with E-state index < -0.39 is 0 Å². The van der Waals surface area contributed by atoms with Crippen molar-refractivity contribution in [2.45, 2.75) is 36.6 Å². The number of hydrogen-bond acceptors (Lipinski definition) is 5. The summed E-state index contributed by atoms with van der Waals surface area (Å²) in [6.45, 7) is 5.83. The molecule has 0 saturated carbocycles. The van der Waals surface area contributed by atoms with E-state index >= 15 is 0 Å². The van der Waals surface area contributed by atoms with E-state index in [1.54, 1.807) is 29.0 Å². The third-order valence-corrected chi connectivity index (χ3v) is 6.31. The van der Waals surface area contributed by atoms with E-state index in [4.69, 9.17) is 0 Å². The molecule has 0 radical (unpaired) electrons. The first-order valence-electron chi connectivity index (χ1n) is 7.59. The van der Waals surface area contributed by atoms with Gasteiger partial charge in [-0.1, -0.05) is 17.8 Å². The van der Waals surface area contributed by atoms with Gasteiger partial charge in [-0.05, 0) is 31.7 Å². The Bertz CT molecular complexity index is 838. The fourth-order valence-electron chi connectivity index (χ4n) is 2.74. The summed E-state index contributed by atoms with van der Waals surface area (Å²) in [5.74, 6) is -0.0853. The highest BCUT2D eigenvalue weighted by molar-refractivity contribution is 8.00. The lowest BCUT2D eigenvalue weighted by Crippen LogP contribution is -2.31. The highest BCUT2D eigenvalue weighted by Gasteiger charge is 2.24. The Kier molecular flexibility index (Phi) is 4.59. The van der Waals surface area contributed by atoms with Crippen molar-refractivity contribution >= 4 is 39.2 Å². The SMILES string of the molecule is C=CCNC(=O)[C@H](C)Sc1nc2sc3c(c2c(=O)n1C)CCC3. The molecule has 1 atom stereocenters. The van der Waals surface area contributed by atoms with Gasteiger partial charge in [0.25, 0.3) is 5.56 Å². The molecule has 5 nitrogen and oxygen atoms in total. The first-order valence-corrected chi connectivity index (χ1v) is 9.29. The second kappa shape index (κ2) is 6.49. The Balaban J connectivity index is 1.93. The molecule has 3 rings (SSSR count). The van der Waals surface area contributed by atoms with Crippen LogP contribution in [0.3, 0.4) is 0 Å². The number of carbonyl (C=O) groups excluding carboxylic acids is 1. The number of rotatable bonds is 5. The third-order valence-electron chi connectivity index (χ3n) is 3.98. The molecule has 2 aromatic heterocycles. The Labute approximate surface area is 142 Å². The molecule has 0 fully saturated rings. The molecule has 122 valence electrons. The first kappa shape index (κ1) is 16.3. The molecule has 0 saturated heterocycles. The number of thioether (sulfide) groups is 1. The topological polar surface area (TPSA) is 64.0 Å². The summed E-state index contributed by atoms with van der Waals surface area (Å²) in [5, 5.41) is 3.81. The van der Waals surface area contributed by atoms with Crippen molar-refractivity contribution in [1.82, 2.24) is 14.9 Å². The van der Waals surface area contributed by atoms with Crippen molar-refractivity contribution in [1.29, 1.82) is 0 Å². The summed E-state index contributed by atoms with van der Waals surface area (Å²) in [6, 6.07) is 0. The zero-order chi connectivity index (χ0) is 16.6. The molecule has 1 aliphatic carbocycles. The van der Waals surface area contributed by atoms with Crippen LogP contribution in [0.5, 0.6) is 0 Å². The van der Waals surface area contributed by atoms with Gasteiger partial charge < -0.3 is 5.32 Å². The molecule has 23 heavy (non-hydrogen) atoms. The summed E-state index contributed by atoms with van der Waals surface area (Å²) >= 11 is 2.93. The lowest BCUT2D eigenvalue weighted by molar-refractivity contribution is -0.120. The van der Waals surface area contributed by atoms with Crippen LogP contribution in [-0.2, 0) is 24.7 Å². The number of aryl methyl sites for hydroxylation is 2. The van der Waals surface area contributed by atoms with Gasteiger partial charge in [0.05, 0.1) is 10.6 Å². The number of hydrogen-bond donors (Lipinski definition) is 1. The second-order valence-corrected chi connectivity index (χ2v) is 7.98. The van der Waals surface area contributed by atoms with Gasteiger partial charge in [-0.2, -0.15) is 0 Å². The van der Waals surface area contributed by atoms with Crippen LogP contribution >= 0.6 is 23.1 Å². The van der Waals surface area contributed by atoms with Crippen LogP contribution in [0.1, 0.15) is 23.8 Å². The van der Waals surface area contributed by atoms with E-state index in [1.807, 2.05) is 6.92 Å². The van der Waals surface area contributed by atoms with Crippen LogP contribution in [0.2, 0.25) is 0 Å². The Morgan fingerprint density at radius 1 is 1.57 bits per heavy atom. The number of fused-ring (bicyclic) bond motifs is 3.